The first-order valence-corrected chi connectivity index (χ1v) is 9.11. The monoisotopic (exact) mass is 342 g/mol. The minimum absolute atomic E-state index is 0.160. The predicted molar refractivity (Wildman–Crippen MR) is 84.5 cm³/mol. The molecule has 1 aromatic carbocycles. The van der Waals surface area contributed by atoms with Crippen molar-refractivity contribution in [2.24, 2.45) is 0 Å². The van der Waals surface area contributed by atoms with Crippen molar-refractivity contribution in [1.29, 1.82) is 0 Å². The van der Waals surface area contributed by atoms with E-state index in [1.54, 1.807) is 19.2 Å². The van der Waals surface area contributed by atoms with E-state index in [1.165, 1.54) is 4.31 Å². The van der Waals surface area contributed by atoms with Gasteiger partial charge in [-0.1, -0.05) is 12.1 Å². The third-order valence-electron chi connectivity index (χ3n) is 4.36. The zero-order chi connectivity index (χ0) is 16.4. The van der Waals surface area contributed by atoms with Crippen LogP contribution in [0.2, 0.25) is 0 Å². The van der Waals surface area contributed by atoms with Gasteiger partial charge in [0.1, 0.15) is 11.0 Å². The summed E-state index contributed by atoms with van der Waals surface area (Å²) < 4.78 is 37.9. The molecule has 0 radical (unpaired) electrons. The predicted octanol–water partition coefficient (Wildman–Crippen LogP) is 0.644. The van der Waals surface area contributed by atoms with Gasteiger partial charge in [0.2, 0.25) is 10.0 Å². The fraction of sp³-hybridized carbons (Fsp3) is 0.600. The quantitative estimate of drug-likeness (QED) is 0.800. The Balaban J connectivity index is 1.87. The number of benzene rings is 1. The second-order valence-corrected chi connectivity index (χ2v) is 7.81. The van der Waals surface area contributed by atoms with Crippen LogP contribution >= 0.6 is 0 Å². The third-order valence-corrected chi connectivity index (χ3v) is 6.60. The molecule has 0 amide bonds. The molecule has 128 valence electrons. The first-order valence-electron chi connectivity index (χ1n) is 7.60. The smallest absolute Gasteiger partial charge is 0.221 e. The Labute approximate surface area is 136 Å². The Bertz CT molecular complexity index is 628. The van der Waals surface area contributed by atoms with Crippen LogP contribution in [0.1, 0.15) is 11.6 Å². The second-order valence-electron chi connectivity index (χ2n) is 5.65. The van der Waals surface area contributed by atoms with Gasteiger partial charge in [0, 0.05) is 20.1 Å². The van der Waals surface area contributed by atoms with Crippen LogP contribution in [0.3, 0.4) is 0 Å². The fourth-order valence-electron chi connectivity index (χ4n) is 3.06. The van der Waals surface area contributed by atoms with Gasteiger partial charge in [-0.25, -0.2) is 8.42 Å². The average Bonchev–Trinajstić information content (AvgIpc) is 2.98. The Morgan fingerprint density at radius 3 is 2.43 bits per heavy atom. The van der Waals surface area contributed by atoms with Crippen molar-refractivity contribution in [2.75, 3.05) is 47.1 Å². The van der Waals surface area contributed by atoms with Gasteiger partial charge in [-0.2, -0.15) is 9.37 Å². The molecule has 2 aliphatic rings. The summed E-state index contributed by atoms with van der Waals surface area (Å²) in [5.74, 6) is 0.739. The molecule has 7 nitrogen and oxygen atoms in total. The van der Waals surface area contributed by atoms with Gasteiger partial charge >= 0.3 is 0 Å². The highest BCUT2D eigenvalue weighted by atomic mass is 32.2. The van der Waals surface area contributed by atoms with Crippen LogP contribution in [0.25, 0.3) is 0 Å². The summed E-state index contributed by atoms with van der Waals surface area (Å²) in [4.78, 5) is 5.53. The molecule has 1 aromatic rings. The van der Waals surface area contributed by atoms with Crippen LogP contribution in [-0.2, 0) is 19.6 Å². The molecule has 3 rings (SSSR count). The molecule has 8 heteroatoms. The average molecular weight is 342 g/mol. The minimum Gasteiger partial charge on any atom is -0.497 e. The molecule has 2 fully saturated rings. The molecule has 0 aromatic heterocycles. The first-order chi connectivity index (χ1) is 11.0. The second kappa shape index (κ2) is 6.74. The van der Waals surface area contributed by atoms with Crippen molar-refractivity contribution in [3.05, 3.63) is 29.8 Å². The maximum atomic E-state index is 13.0. The lowest BCUT2D eigenvalue weighted by Crippen LogP contribution is -2.47. The van der Waals surface area contributed by atoms with E-state index in [0.29, 0.717) is 26.3 Å². The van der Waals surface area contributed by atoms with Crippen molar-refractivity contribution >= 4 is 10.0 Å². The van der Waals surface area contributed by atoms with Gasteiger partial charge in [0.15, 0.2) is 0 Å². The molecule has 2 saturated heterocycles. The molecule has 23 heavy (non-hydrogen) atoms. The zero-order valence-electron chi connectivity index (χ0n) is 13.3. The lowest BCUT2D eigenvalue weighted by atomic mass is 10.0. The summed E-state index contributed by atoms with van der Waals surface area (Å²) in [6.07, 6.45) is 0. The van der Waals surface area contributed by atoms with Crippen LogP contribution < -0.4 is 4.74 Å². The largest absolute Gasteiger partial charge is 0.497 e. The van der Waals surface area contributed by atoms with Crippen molar-refractivity contribution < 1.29 is 22.7 Å². The van der Waals surface area contributed by atoms with E-state index in [9.17, 15) is 8.42 Å². The summed E-state index contributed by atoms with van der Waals surface area (Å²) in [5, 5.41) is 1.00. The van der Waals surface area contributed by atoms with E-state index < -0.39 is 15.3 Å². The number of methoxy groups -OCH3 is 1. The highest BCUT2D eigenvalue weighted by Crippen LogP contribution is 2.35. The lowest BCUT2D eigenvalue weighted by Gasteiger charge is -2.31. The van der Waals surface area contributed by atoms with Crippen LogP contribution in [0, 0.1) is 0 Å². The number of sulfonamides is 1. The van der Waals surface area contributed by atoms with E-state index in [-0.39, 0.29) is 12.6 Å². The van der Waals surface area contributed by atoms with Gasteiger partial charge in [-0.15, -0.1) is 0 Å². The Morgan fingerprint density at radius 1 is 1.17 bits per heavy atom. The molecule has 2 atom stereocenters. The normalized spacial score (nSPS) is 27.2. The van der Waals surface area contributed by atoms with Crippen LogP contribution in [-0.4, -0.2) is 70.1 Å². The van der Waals surface area contributed by atoms with E-state index in [1.807, 2.05) is 24.3 Å². The summed E-state index contributed by atoms with van der Waals surface area (Å²) >= 11 is 0. The molecule has 0 saturated carbocycles. The maximum absolute atomic E-state index is 13.0. The third kappa shape index (κ3) is 3.22. The van der Waals surface area contributed by atoms with Crippen molar-refractivity contribution in [2.45, 2.75) is 11.3 Å². The fourth-order valence-corrected chi connectivity index (χ4v) is 4.99. The number of hydrogen-bond acceptors (Lipinski definition) is 6. The van der Waals surface area contributed by atoms with Crippen molar-refractivity contribution in [3.8, 4) is 5.75 Å². The number of nitrogens with zero attached hydrogens (tertiary/aromatic N) is 2. The van der Waals surface area contributed by atoms with Gasteiger partial charge in [0.05, 0.1) is 33.0 Å². The zero-order valence-corrected chi connectivity index (χ0v) is 14.2. The van der Waals surface area contributed by atoms with E-state index in [0.717, 1.165) is 11.3 Å². The molecule has 0 aliphatic carbocycles. The topological polar surface area (TPSA) is 68.3 Å². The Morgan fingerprint density at radius 2 is 1.83 bits per heavy atom. The first kappa shape index (κ1) is 16.7. The van der Waals surface area contributed by atoms with Crippen LogP contribution in [0.5, 0.6) is 5.75 Å². The van der Waals surface area contributed by atoms with E-state index in [2.05, 4.69) is 0 Å². The van der Waals surface area contributed by atoms with E-state index in [4.69, 9.17) is 14.3 Å². The van der Waals surface area contributed by atoms with Gasteiger partial charge in [0.25, 0.3) is 0 Å². The SMILES string of the molecule is COc1ccc([C@H]2[C@H](S(=O)(=O)N3CCOCC3)CON2C)cc1. The molecule has 0 bridgehead atoms. The number of rotatable bonds is 4. The number of ether oxygens (including phenoxy) is 2. The van der Waals surface area contributed by atoms with E-state index >= 15 is 0 Å². The van der Waals surface area contributed by atoms with Crippen molar-refractivity contribution in [3.63, 3.8) is 0 Å². The highest BCUT2D eigenvalue weighted by Gasteiger charge is 2.45. The lowest BCUT2D eigenvalue weighted by molar-refractivity contribution is -0.110. The Kier molecular flexibility index (Phi) is 4.88. The summed E-state index contributed by atoms with van der Waals surface area (Å²) in [7, 11) is -0.0820. The number of hydroxylamine groups is 2. The Hall–Kier alpha value is -1.19. The number of morpholine rings is 1. The van der Waals surface area contributed by atoms with Crippen molar-refractivity contribution in [1.82, 2.24) is 9.37 Å². The number of hydrogen-bond donors (Lipinski definition) is 0. The molecule has 0 N–H and O–H groups in total. The molecular formula is C15H22N2O5S. The summed E-state index contributed by atoms with van der Waals surface area (Å²) in [6, 6.07) is 7.10. The van der Waals surface area contributed by atoms with Crippen LogP contribution in [0.15, 0.2) is 24.3 Å². The summed E-state index contributed by atoms with van der Waals surface area (Å²) in [5.41, 5.74) is 0.896. The van der Waals surface area contributed by atoms with Gasteiger partial charge in [-0.05, 0) is 17.7 Å². The maximum Gasteiger partial charge on any atom is 0.221 e. The highest BCUT2D eigenvalue weighted by molar-refractivity contribution is 7.89. The summed E-state index contributed by atoms with van der Waals surface area (Å²) in [6.45, 7) is 1.84. The molecular weight excluding hydrogens is 320 g/mol. The molecule has 0 unspecified atom stereocenters. The van der Waals surface area contributed by atoms with Gasteiger partial charge < -0.3 is 9.47 Å². The molecule has 2 heterocycles. The molecule has 2 aliphatic heterocycles. The van der Waals surface area contributed by atoms with Crippen LogP contribution in [0.4, 0.5) is 0 Å². The standard InChI is InChI=1S/C15H22N2O5S/c1-16-15(12-3-5-13(20-2)6-4-12)14(11-22-16)23(18,19)17-7-9-21-10-8-17/h3-6,14-15H,7-11H2,1-2H3/t14-,15+/m1/s1. The van der Waals surface area contributed by atoms with Gasteiger partial charge in [-0.3, -0.25) is 4.84 Å². The minimum atomic E-state index is -3.45. The molecule has 0 spiro atoms.